The molecule has 18 heavy (non-hydrogen) atoms. The minimum atomic E-state index is -1.07. The summed E-state index contributed by atoms with van der Waals surface area (Å²) in [6.07, 6.45) is 5.24. The number of carbonyl (C=O) groups is 1. The van der Waals surface area contributed by atoms with Crippen LogP contribution in [0.25, 0.3) is 0 Å². The van der Waals surface area contributed by atoms with Gasteiger partial charge in [-0.25, -0.2) is 14.8 Å². The first-order valence-corrected chi connectivity index (χ1v) is 5.96. The summed E-state index contributed by atoms with van der Waals surface area (Å²) in [6, 6.07) is 0.118. The number of ether oxygens (including phenoxy) is 1. The molecule has 0 spiro atoms. The van der Waals surface area contributed by atoms with Gasteiger partial charge in [0, 0.05) is 7.11 Å². The van der Waals surface area contributed by atoms with Gasteiger partial charge in [-0.05, 0) is 25.7 Å². The maximum Gasteiger partial charge on any atom is 0.356 e. The van der Waals surface area contributed by atoms with E-state index in [4.69, 9.17) is 9.84 Å². The quantitative estimate of drug-likeness (QED) is 0.795. The molecule has 0 aliphatic heterocycles. The van der Waals surface area contributed by atoms with Crippen LogP contribution in [-0.4, -0.2) is 40.3 Å². The van der Waals surface area contributed by atoms with E-state index in [-0.39, 0.29) is 17.8 Å². The first kappa shape index (κ1) is 12.8. The number of carboxylic acid groups (broad SMARTS) is 1. The maximum atomic E-state index is 10.6. The Balaban J connectivity index is 1.97. The molecule has 2 atom stereocenters. The normalized spacial score (nSPS) is 18.1. The number of aromatic nitrogens is 2. The predicted molar refractivity (Wildman–Crippen MR) is 65.6 cm³/mol. The lowest BCUT2D eigenvalue weighted by atomic mass is 10.1. The van der Waals surface area contributed by atoms with Gasteiger partial charge in [-0.3, -0.25) is 0 Å². The van der Waals surface area contributed by atoms with Crippen LogP contribution in [0.3, 0.4) is 0 Å². The number of hydrogen-bond acceptors (Lipinski definition) is 5. The summed E-state index contributed by atoms with van der Waals surface area (Å²) in [5.41, 5.74) is -0.0568. The van der Waals surface area contributed by atoms with E-state index in [1.54, 1.807) is 7.11 Å². The molecule has 1 saturated carbocycles. The average molecular weight is 251 g/mol. The number of carboxylic acids is 1. The summed E-state index contributed by atoms with van der Waals surface area (Å²) in [6.45, 7) is 2.03. The van der Waals surface area contributed by atoms with Crippen LogP contribution in [0.2, 0.25) is 0 Å². The fourth-order valence-corrected chi connectivity index (χ4v) is 2.06. The number of rotatable bonds is 6. The second kappa shape index (κ2) is 5.30. The van der Waals surface area contributed by atoms with Crippen LogP contribution in [0.5, 0.6) is 0 Å². The molecule has 1 aliphatic carbocycles. The summed E-state index contributed by atoms with van der Waals surface area (Å²) < 4.78 is 5.47. The first-order valence-electron chi connectivity index (χ1n) is 5.96. The monoisotopic (exact) mass is 251 g/mol. The van der Waals surface area contributed by atoms with E-state index >= 15 is 0 Å². The highest BCUT2D eigenvalue weighted by Gasteiger charge is 2.35. The Morgan fingerprint density at radius 3 is 2.67 bits per heavy atom. The van der Waals surface area contributed by atoms with Crippen LogP contribution in [0.15, 0.2) is 12.4 Å². The summed E-state index contributed by atoms with van der Waals surface area (Å²) in [4.78, 5) is 18.5. The van der Waals surface area contributed by atoms with Crippen molar-refractivity contribution in [3.8, 4) is 0 Å². The molecule has 1 heterocycles. The van der Waals surface area contributed by atoms with Crippen molar-refractivity contribution in [3.05, 3.63) is 18.1 Å². The summed E-state index contributed by atoms with van der Waals surface area (Å²) in [5.74, 6) is 0.105. The van der Waals surface area contributed by atoms with Crippen molar-refractivity contribution in [2.24, 2.45) is 5.92 Å². The van der Waals surface area contributed by atoms with Gasteiger partial charge in [0.05, 0.1) is 24.5 Å². The molecule has 0 bridgehead atoms. The van der Waals surface area contributed by atoms with Crippen molar-refractivity contribution >= 4 is 11.8 Å². The number of nitrogens with one attached hydrogen (secondary N) is 1. The summed E-state index contributed by atoms with van der Waals surface area (Å²) >= 11 is 0. The SMILES string of the molecule is COC(C1CC1)C(C)Nc1cnc(C(=O)O)cn1. The average Bonchev–Trinajstić information content (AvgIpc) is 3.15. The molecule has 2 N–H and O–H groups in total. The Morgan fingerprint density at radius 1 is 1.50 bits per heavy atom. The molecule has 6 heteroatoms. The lowest BCUT2D eigenvalue weighted by molar-refractivity contribution is 0.0689. The minimum absolute atomic E-state index is 0.0568. The second-order valence-electron chi connectivity index (χ2n) is 4.56. The first-order chi connectivity index (χ1) is 8.61. The number of aromatic carboxylic acids is 1. The van der Waals surface area contributed by atoms with Crippen LogP contribution in [0.4, 0.5) is 5.82 Å². The Morgan fingerprint density at radius 2 is 2.22 bits per heavy atom. The third-order valence-corrected chi connectivity index (χ3v) is 3.10. The zero-order chi connectivity index (χ0) is 13.1. The van der Waals surface area contributed by atoms with Gasteiger partial charge >= 0.3 is 5.97 Å². The number of hydrogen-bond donors (Lipinski definition) is 2. The van der Waals surface area contributed by atoms with E-state index in [9.17, 15) is 4.79 Å². The Bertz CT molecular complexity index is 417. The maximum absolute atomic E-state index is 10.6. The smallest absolute Gasteiger partial charge is 0.356 e. The highest BCUT2D eigenvalue weighted by atomic mass is 16.5. The van der Waals surface area contributed by atoms with Crippen LogP contribution in [0, 0.1) is 5.92 Å². The van der Waals surface area contributed by atoms with Gasteiger partial charge in [0.1, 0.15) is 5.82 Å². The molecular formula is C12H17N3O3. The number of anilines is 1. The van der Waals surface area contributed by atoms with E-state index in [1.807, 2.05) is 6.92 Å². The molecular weight excluding hydrogens is 234 g/mol. The van der Waals surface area contributed by atoms with E-state index < -0.39 is 5.97 Å². The highest BCUT2D eigenvalue weighted by Crippen LogP contribution is 2.36. The van der Waals surface area contributed by atoms with Gasteiger partial charge in [-0.1, -0.05) is 0 Å². The molecule has 0 saturated heterocycles. The van der Waals surface area contributed by atoms with Gasteiger partial charge in [0.15, 0.2) is 5.69 Å². The largest absolute Gasteiger partial charge is 0.476 e. The van der Waals surface area contributed by atoms with Crippen molar-refractivity contribution < 1.29 is 14.6 Å². The zero-order valence-corrected chi connectivity index (χ0v) is 10.5. The van der Waals surface area contributed by atoms with Crippen molar-refractivity contribution in [1.29, 1.82) is 0 Å². The van der Waals surface area contributed by atoms with E-state index in [2.05, 4.69) is 15.3 Å². The van der Waals surface area contributed by atoms with Gasteiger partial charge in [0.25, 0.3) is 0 Å². The van der Waals surface area contributed by atoms with Crippen molar-refractivity contribution in [2.45, 2.75) is 31.9 Å². The third kappa shape index (κ3) is 2.95. The molecule has 0 radical (unpaired) electrons. The fourth-order valence-electron chi connectivity index (χ4n) is 2.06. The lowest BCUT2D eigenvalue weighted by Gasteiger charge is -2.23. The standard InChI is InChI=1S/C12H17N3O3/c1-7(11(18-2)8-3-4-8)15-10-6-13-9(5-14-10)12(16)17/h5-8,11H,3-4H2,1-2H3,(H,14,15)(H,16,17). The minimum Gasteiger partial charge on any atom is -0.476 e. The molecule has 0 aromatic carbocycles. The molecule has 0 amide bonds. The fraction of sp³-hybridized carbons (Fsp3) is 0.583. The van der Waals surface area contributed by atoms with E-state index in [0.29, 0.717) is 11.7 Å². The lowest BCUT2D eigenvalue weighted by Crippen LogP contribution is -2.34. The number of nitrogens with zero attached hydrogens (tertiary/aromatic N) is 2. The Kier molecular flexibility index (Phi) is 3.76. The Labute approximate surface area is 105 Å². The zero-order valence-electron chi connectivity index (χ0n) is 10.5. The molecule has 2 rings (SSSR count). The second-order valence-corrected chi connectivity index (χ2v) is 4.56. The summed E-state index contributed by atoms with van der Waals surface area (Å²) in [5, 5.41) is 11.9. The van der Waals surface area contributed by atoms with Gasteiger partial charge in [-0.2, -0.15) is 0 Å². The molecule has 2 unspecified atom stereocenters. The topological polar surface area (TPSA) is 84.3 Å². The van der Waals surface area contributed by atoms with Crippen molar-refractivity contribution in [1.82, 2.24) is 9.97 Å². The Hall–Kier alpha value is -1.69. The molecule has 1 aliphatic rings. The van der Waals surface area contributed by atoms with Crippen molar-refractivity contribution in [2.75, 3.05) is 12.4 Å². The highest BCUT2D eigenvalue weighted by molar-refractivity contribution is 5.84. The predicted octanol–water partition coefficient (Wildman–Crippen LogP) is 1.40. The molecule has 1 aromatic rings. The van der Waals surface area contributed by atoms with Crippen LogP contribution in [-0.2, 0) is 4.74 Å². The van der Waals surface area contributed by atoms with E-state index in [0.717, 1.165) is 0 Å². The van der Waals surface area contributed by atoms with Crippen LogP contribution < -0.4 is 5.32 Å². The van der Waals surface area contributed by atoms with E-state index in [1.165, 1.54) is 25.2 Å². The number of methoxy groups -OCH3 is 1. The molecule has 1 fully saturated rings. The molecule has 98 valence electrons. The van der Waals surface area contributed by atoms with Crippen molar-refractivity contribution in [3.63, 3.8) is 0 Å². The van der Waals surface area contributed by atoms with Crippen LogP contribution >= 0.6 is 0 Å². The molecule has 6 nitrogen and oxygen atoms in total. The third-order valence-electron chi connectivity index (χ3n) is 3.10. The van der Waals surface area contributed by atoms with Gasteiger partial charge in [-0.15, -0.1) is 0 Å². The van der Waals surface area contributed by atoms with Gasteiger partial charge in [0.2, 0.25) is 0 Å². The van der Waals surface area contributed by atoms with Crippen LogP contribution in [0.1, 0.15) is 30.3 Å². The molecule has 1 aromatic heterocycles. The summed E-state index contributed by atoms with van der Waals surface area (Å²) in [7, 11) is 1.71. The van der Waals surface area contributed by atoms with Gasteiger partial charge < -0.3 is 15.2 Å².